The van der Waals surface area contributed by atoms with Crippen molar-refractivity contribution in [3.63, 3.8) is 0 Å². The molecule has 104 valence electrons. The SMILES string of the molecule is C#CCCc1nc2ccccn2c1OCc1ccccc1. The number of fused-ring (bicyclic) bond motifs is 1. The second-order valence-electron chi connectivity index (χ2n) is 4.77. The van der Waals surface area contributed by atoms with Gasteiger partial charge in [0.2, 0.25) is 5.88 Å². The summed E-state index contributed by atoms with van der Waals surface area (Å²) < 4.78 is 7.97. The molecule has 0 fully saturated rings. The molecule has 3 nitrogen and oxygen atoms in total. The molecule has 21 heavy (non-hydrogen) atoms. The molecule has 0 bridgehead atoms. The first kappa shape index (κ1) is 13.3. The molecule has 3 heteroatoms. The molecule has 0 N–H and O–H groups in total. The Hall–Kier alpha value is -2.73. The largest absolute Gasteiger partial charge is 0.472 e. The first-order valence-corrected chi connectivity index (χ1v) is 6.94. The van der Waals surface area contributed by atoms with Gasteiger partial charge in [-0.1, -0.05) is 36.4 Å². The van der Waals surface area contributed by atoms with Gasteiger partial charge in [-0.2, -0.15) is 0 Å². The van der Waals surface area contributed by atoms with Gasteiger partial charge < -0.3 is 4.74 Å². The van der Waals surface area contributed by atoms with Gasteiger partial charge in [0, 0.05) is 19.0 Å². The van der Waals surface area contributed by atoms with Crippen molar-refractivity contribution in [3.8, 4) is 18.2 Å². The highest BCUT2D eigenvalue weighted by atomic mass is 16.5. The predicted molar refractivity (Wildman–Crippen MR) is 83.1 cm³/mol. The molecular weight excluding hydrogens is 260 g/mol. The minimum atomic E-state index is 0.520. The summed E-state index contributed by atoms with van der Waals surface area (Å²) in [4.78, 5) is 4.60. The summed E-state index contributed by atoms with van der Waals surface area (Å²) in [6, 6.07) is 16.0. The van der Waals surface area contributed by atoms with E-state index < -0.39 is 0 Å². The highest BCUT2D eigenvalue weighted by Crippen LogP contribution is 2.23. The zero-order chi connectivity index (χ0) is 14.5. The smallest absolute Gasteiger partial charge is 0.222 e. The summed E-state index contributed by atoms with van der Waals surface area (Å²) in [6.45, 7) is 0.520. The zero-order valence-corrected chi connectivity index (χ0v) is 11.7. The summed E-state index contributed by atoms with van der Waals surface area (Å²) in [5.41, 5.74) is 2.92. The Kier molecular flexibility index (Phi) is 3.88. The van der Waals surface area contributed by atoms with Crippen molar-refractivity contribution >= 4 is 5.65 Å². The van der Waals surface area contributed by atoms with Gasteiger partial charge in [-0.3, -0.25) is 4.40 Å². The average molecular weight is 276 g/mol. The third-order valence-corrected chi connectivity index (χ3v) is 3.28. The van der Waals surface area contributed by atoms with Crippen LogP contribution in [0.2, 0.25) is 0 Å². The van der Waals surface area contributed by atoms with E-state index in [0.717, 1.165) is 29.2 Å². The lowest BCUT2D eigenvalue weighted by atomic mass is 10.2. The van der Waals surface area contributed by atoms with Gasteiger partial charge in [0.25, 0.3) is 0 Å². The van der Waals surface area contributed by atoms with Crippen LogP contribution in [-0.2, 0) is 13.0 Å². The van der Waals surface area contributed by atoms with Crippen LogP contribution in [0, 0.1) is 12.3 Å². The normalized spacial score (nSPS) is 10.4. The van der Waals surface area contributed by atoms with E-state index in [4.69, 9.17) is 11.2 Å². The highest BCUT2D eigenvalue weighted by Gasteiger charge is 2.12. The fourth-order valence-electron chi connectivity index (χ4n) is 2.25. The molecule has 0 radical (unpaired) electrons. The number of aryl methyl sites for hydroxylation is 1. The third kappa shape index (κ3) is 2.90. The lowest BCUT2D eigenvalue weighted by molar-refractivity contribution is 0.288. The van der Waals surface area contributed by atoms with Crippen molar-refractivity contribution in [1.29, 1.82) is 0 Å². The number of nitrogens with zero attached hydrogens (tertiary/aromatic N) is 2. The molecule has 2 aromatic heterocycles. The summed E-state index contributed by atoms with van der Waals surface area (Å²) in [5, 5.41) is 0. The molecule has 0 aliphatic carbocycles. The number of pyridine rings is 1. The van der Waals surface area contributed by atoms with Gasteiger partial charge in [-0.25, -0.2) is 4.98 Å². The van der Waals surface area contributed by atoms with Crippen LogP contribution in [-0.4, -0.2) is 9.38 Å². The van der Waals surface area contributed by atoms with Crippen LogP contribution < -0.4 is 4.74 Å². The van der Waals surface area contributed by atoms with E-state index in [-0.39, 0.29) is 0 Å². The Balaban J connectivity index is 1.89. The summed E-state index contributed by atoms with van der Waals surface area (Å²) in [6.07, 6.45) is 8.70. The van der Waals surface area contributed by atoms with Crippen molar-refractivity contribution in [2.45, 2.75) is 19.4 Å². The predicted octanol–water partition coefficient (Wildman–Crippen LogP) is 3.48. The number of benzene rings is 1. The number of ether oxygens (including phenoxy) is 1. The van der Waals surface area contributed by atoms with E-state index in [2.05, 4.69) is 10.9 Å². The minimum absolute atomic E-state index is 0.520. The maximum Gasteiger partial charge on any atom is 0.222 e. The van der Waals surface area contributed by atoms with Crippen molar-refractivity contribution in [3.05, 3.63) is 66.0 Å². The molecule has 0 saturated heterocycles. The summed E-state index contributed by atoms with van der Waals surface area (Å²) >= 11 is 0. The molecule has 0 aliphatic heterocycles. The van der Waals surface area contributed by atoms with Crippen LogP contribution in [0.25, 0.3) is 5.65 Å². The van der Waals surface area contributed by atoms with Gasteiger partial charge >= 0.3 is 0 Å². The Labute approximate surface area is 124 Å². The number of aromatic nitrogens is 2. The molecular formula is C18H16N2O. The molecule has 3 rings (SSSR count). The van der Waals surface area contributed by atoms with Gasteiger partial charge in [0.05, 0.1) is 0 Å². The van der Waals surface area contributed by atoms with Crippen LogP contribution in [0.3, 0.4) is 0 Å². The maximum atomic E-state index is 6.01. The zero-order valence-electron chi connectivity index (χ0n) is 11.7. The topological polar surface area (TPSA) is 26.5 Å². The lowest BCUT2D eigenvalue weighted by Crippen LogP contribution is -2.00. The van der Waals surface area contributed by atoms with Crippen molar-refractivity contribution in [1.82, 2.24) is 9.38 Å². The standard InChI is InChI=1S/C18H16N2O/c1-2-3-11-16-18(20-13-8-7-12-17(20)19-16)21-14-15-9-5-4-6-10-15/h1,4-10,12-13H,3,11,14H2. The fraction of sp³-hybridized carbons (Fsp3) is 0.167. The maximum absolute atomic E-state index is 6.01. The first-order chi connectivity index (χ1) is 10.4. The monoisotopic (exact) mass is 276 g/mol. The van der Waals surface area contributed by atoms with Gasteiger partial charge in [0.15, 0.2) is 0 Å². The second-order valence-corrected chi connectivity index (χ2v) is 4.77. The quantitative estimate of drug-likeness (QED) is 0.667. The average Bonchev–Trinajstić information content (AvgIpc) is 2.89. The van der Waals surface area contributed by atoms with E-state index in [1.165, 1.54) is 0 Å². The molecule has 0 spiro atoms. The van der Waals surface area contributed by atoms with Crippen molar-refractivity contribution < 1.29 is 4.74 Å². The number of rotatable bonds is 5. The van der Waals surface area contributed by atoms with Crippen LogP contribution in [0.5, 0.6) is 5.88 Å². The molecule has 1 aromatic carbocycles. The van der Waals surface area contributed by atoms with Gasteiger partial charge in [0.1, 0.15) is 17.9 Å². The number of terminal acetylenes is 1. The molecule has 0 saturated carbocycles. The number of imidazole rings is 1. The Morgan fingerprint density at radius 1 is 1.10 bits per heavy atom. The van der Waals surface area contributed by atoms with Crippen LogP contribution in [0.15, 0.2) is 54.7 Å². The van der Waals surface area contributed by atoms with E-state index in [1.807, 2.05) is 59.1 Å². The molecule has 0 amide bonds. The van der Waals surface area contributed by atoms with Crippen molar-refractivity contribution in [2.75, 3.05) is 0 Å². The summed E-state index contributed by atoms with van der Waals surface area (Å²) in [5.74, 6) is 3.44. The van der Waals surface area contributed by atoms with Gasteiger partial charge in [-0.15, -0.1) is 12.3 Å². The van der Waals surface area contributed by atoms with Crippen LogP contribution in [0.4, 0.5) is 0 Å². The Morgan fingerprint density at radius 2 is 1.90 bits per heavy atom. The van der Waals surface area contributed by atoms with Crippen LogP contribution in [0.1, 0.15) is 17.7 Å². The molecule has 2 heterocycles. The molecule has 0 atom stereocenters. The van der Waals surface area contributed by atoms with E-state index in [1.54, 1.807) is 0 Å². The van der Waals surface area contributed by atoms with Gasteiger partial charge in [-0.05, 0) is 17.7 Å². The highest BCUT2D eigenvalue weighted by molar-refractivity contribution is 5.46. The molecule has 0 aliphatic rings. The van der Waals surface area contributed by atoms with E-state index >= 15 is 0 Å². The number of hydrogen-bond acceptors (Lipinski definition) is 2. The summed E-state index contributed by atoms with van der Waals surface area (Å²) in [7, 11) is 0. The van der Waals surface area contributed by atoms with Crippen molar-refractivity contribution in [2.24, 2.45) is 0 Å². The third-order valence-electron chi connectivity index (χ3n) is 3.28. The first-order valence-electron chi connectivity index (χ1n) is 6.94. The molecule has 3 aromatic rings. The Morgan fingerprint density at radius 3 is 2.71 bits per heavy atom. The lowest BCUT2D eigenvalue weighted by Gasteiger charge is -2.07. The minimum Gasteiger partial charge on any atom is -0.472 e. The Bertz CT molecular complexity index is 769. The van der Waals surface area contributed by atoms with Crippen LogP contribution >= 0.6 is 0 Å². The second kappa shape index (κ2) is 6.15. The fourth-order valence-corrected chi connectivity index (χ4v) is 2.25. The van der Waals surface area contributed by atoms with E-state index in [0.29, 0.717) is 13.0 Å². The number of hydrogen-bond donors (Lipinski definition) is 0. The molecule has 0 unspecified atom stereocenters. The van der Waals surface area contributed by atoms with E-state index in [9.17, 15) is 0 Å².